The summed E-state index contributed by atoms with van der Waals surface area (Å²) in [6.07, 6.45) is -1.22. The molecule has 0 spiro atoms. The summed E-state index contributed by atoms with van der Waals surface area (Å²) in [6, 6.07) is 13.5. The monoisotopic (exact) mass is 354 g/mol. The van der Waals surface area contributed by atoms with Gasteiger partial charge in [-0.25, -0.2) is 4.79 Å². The molecule has 1 heterocycles. The van der Waals surface area contributed by atoms with Gasteiger partial charge in [-0.1, -0.05) is 24.3 Å². The number of carbonyl (C=O) groups excluding carboxylic acids is 2. The highest BCUT2D eigenvalue weighted by molar-refractivity contribution is 5.97. The second-order valence-corrected chi connectivity index (χ2v) is 6.53. The van der Waals surface area contributed by atoms with E-state index >= 15 is 0 Å². The number of hydrogen-bond donors (Lipinski definition) is 2. The van der Waals surface area contributed by atoms with Crippen LogP contribution < -0.4 is 10.1 Å². The standard InChI is InChI=1S/C20H22N2O4/c1-13-8-9-15(10-14(13)2)21-19(24)18-11-16(23)12-22(18)20(25)26-17-6-4-3-5-7-17/h3-10,16,18,23H,11-12H2,1-2H3,(H,21,24)/t16-,18-/m1/s1. The van der Waals surface area contributed by atoms with Crippen LogP contribution >= 0.6 is 0 Å². The zero-order valence-electron chi connectivity index (χ0n) is 14.8. The van der Waals surface area contributed by atoms with Crippen LogP contribution in [0.4, 0.5) is 10.5 Å². The van der Waals surface area contributed by atoms with Crippen LogP contribution in [0.25, 0.3) is 0 Å². The lowest BCUT2D eigenvalue weighted by Gasteiger charge is -2.23. The Morgan fingerprint density at radius 2 is 1.85 bits per heavy atom. The van der Waals surface area contributed by atoms with E-state index in [9.17, 15) is 14.7 Å². The minimum Gasteiger partial charge on any atom is -0.410 e. The van der Waals surface area contributed by atoms with Gasteiger partial charge in [0.1, 0.15) is 11.8 Å². The van der Waals surface area contributed by atoms with Crippen LogP contribution in [0.5, 0.6) is 5.75 Å². The van der Waals surface area contributed by atoms with Crippen molar-refractivity contribution in [3.8, 4) is 5.75 Å². The van der Waals surface area contributed by atoms with Crippen LogP contribution in [0.15, 0.2) is 48.5 Å². The van der Waals surface area contributed by atoms with E-state index in [1.54, 1.807) is 24.3 Å². The minimum atomic E-state index is -0.775. The Kier molecular flexibility index (Phi) is 5.23. The summed E-state index contributed by atoms with van der Waals surface area (Å²) in [5, 5.41) is 12.8. The zero-order valence-corrected chi connectivity index (χ0v) is 14.8. The Balaban J connectivity index is 1.71. The third-order valence-corrected chi connectivity index (χ3v) is 4.54. The lowest BCUT2D eigenvalue weighted by molar-refractivity contribution is -0.119. The zero-order chi connectivity index (χ0) is 18.7. The largest absolute Gasteiger partial charge is 0.416 e. The summed E-state index contributed by atoms with van der Waals surface area (Å²) >= 11 is 0. The quantitative estimate of drug-likeness (QED) is 0.888. The smallest absolute Gasteiger partial charge is 0.410 e. The number of carbonyl (C=O) groups is 2. The molecule has 2 aromatic rings. The first-order chi connectivity index (χ1) is 12.4. The van der Waals surface area contributed by atoms with E-state index in [-0.39, 0.29) is 18.9 Å². The lowest BCUT2D eigenvalue weighted by Crippen LogP contribution is -2.44. The Morgan fingerprint density at radius 3 is 2.54 bits per heavy atom. The van der Waals surface area contributed by atoms with Crippen LogP contribution in [0.1, 0.15) is 17.5 Å². The summed E-state index contributed by atoms with van der Waals surface area (Å²) < 4.78 is 5.31. The molecule has 3 rings (SSSR count). The first-order valence-corrected chi connectivity index (χ1v) is 8.53. The average Bonchev–Trinajstić information content (AvgIpc) is 3.01. The lowest BCUT2D eigenvalue weighted by atomic mass is 10.1. The normalized spacial score (nSPS) is 19.3. The van der Waals surface area contributed by atoms with Crippen LogP contribution in [-0.4, -0.2) is 40.7 Å². The van der Waals surface area contributed by atoms with E-state index in [2.05, 4.69) is 5.32 Å². The van der Waals surface area contributed by atoms with Gasteiger partial charge >= 0.3 is 6.09 Å². The summed E-state index contributed by atoms with van der Waals surface area (Å²) in [4.78, 5) is 26.4. The molecule has 2 N–H and O–H groups in total. The van der Waals surface area contributed by atoms with Gasteiger partial charge in [-0.2, -0.15) is 0 Å². The molecule has 26 heavy (non-hydrogen) atoms. The van der Waals surface area contributed by atoms with E-state index in [0.717, 1.165) is 11.1 Å². The molecule has 0 saturated carbocycles. The third kappa shape index (κ3) is 4.03. The van der Waals surface area contributed by atoms with Gasteiger partial charge in [0, 0.05) is 12.1 Å². The molecule has 0 aliphatic carbocycles. The molecule has 2 atom stereocenters. The maximum atomic E-state index is 12.7. The van der Waals surface area contributed by atoms with Gasteiger partial charge in [0.15, 0.2) is 0 Å². The molecule has 2 aromatic carbocycles. The van der Waals surface area contributed by atoms with Crippen molar-refractivity contribution in [2.45, 2.75) is 32.4 Å². The van der Waals surface area contributed by atoms with Crippen LogP contribution in [0.2, 0.25) is 0 Å². The van der Waals surface area contributed by atoms with Crippen molar-refractivity contribution in [2.24, 2.45) is 0 Å². The Morgan fingerprint density at radius 1 is 1.12 bits per heavy atom. The molecule has 1 saturated heterocycles. The van der Waals surface area contributed by atoms with Crippen molar-refractivity contribution >= 4 is 17.7 Å². The van der Waals surface area contributed by atoms with Crippen LogP contribution in [-0.2, 0) is 4.79 Å². The summed E-state index contributed by atoms with van der Waals surface area (Å²) in [5.41, 5.74) is 2.86. The molecule has 0 unspecified atom stereocenters. The Bertz CT molecular complexity index is 807. The third-order valence-electron chi connectivity index (χ3n) is 4.54. The SMILES string of the molecule is Cc1ccc(NC(=O)[C@H]2C[C@@H](O)CN2C(=O)Oc2ccccc2)cc1C. The first kappa shape index (κ1) is 17.9. The van der Waals surface area contributed by atoms with Crippen LogP contribution in [0.3, 0.4) is 0 Å². The van der Waals surface area contributed by atoms with Crippen molar-refractivity contribution < 1.29 is 19.4 Å². The average molecular weight is 354 g/mol. The van der Waals surface area contributed by atoms with Gasteiger partial charge < -0.3 is 15.2 Å². The molecule has 0 aromatic heterocycles. The Labute approximate surface area is 152 Å². The predicted octanol–water partition coefficient (Wildman–Crippen LogP) is 2.88. The highest BCUT2D eigenvalue weighted by atomic mass is 16.6. The number of aliphatic hydroxyl groups excluding tert-OH is 1. The van der Waals surface area contributed by atoms with Crippen molar-refractivity contribution in [3.05, 3.63) is 59.7 Å². The second kappa shape index (κ2) is 7.58. The maximum Gasteiger partial charge on any atom is 0.416 e. The van der Waals surface area contributed by atoms with Gasteiger partial charge in [0.25, 0.3) is 0 Å². The van der Waals surface area contributed by atoms with E-state index in [1.165, 1.54) is 4.90 Å². The van der Waals surface area contributed by atoms with E-state index in [1.807, 2.05) is 38.1 Å². The molecule has 1 aliphatic rings. The van der Waals surface area contributed by atoms with Crippen molar-refractivity contribution in [1.82, 2.24) is 4.90 Å². The minimum absolute atomic E-state index is 0.0661. The highest BCUT2D eigenvalue weighted by Gasteiger charge is 2.40. The molecule has 6 nitrogen and oxygen atoms in total. The number of anilines is 1. The Hall–Kier alpha value is -2.86. The van der Waals surface area contributed by atoms with Crippen molar-refractivity contribution in [2.75, 3.05) is 11.9 Å². The second-order valence-electron chi connectivity index (χ2n) is 6.53. The number of nitrogens with zero attached hydrogens (tertiary/aromatic N) is 1. The van der Waals surface area contributed by atoms with Gasteiger partial charge in [-0.3, -0.25) is 9.69 Å². The molecule has 0 bridgehead atoms. The molecule has 1 aliphatic heterocycles. The number of nitrogens with one attached hydrogen (secondary N) is 1. The fourth-order valence-electron chi connectivity index (χ4n) is 2.96. The van der Waals surface area contributed by atoms with Crippen molar-refractivity contribution in [3.63, 3.8) is 0 Å². The molecule has 0 radical (unpaired) electrons. The number of amides is 2. The first-order valence-electron chi connectivity index (χ1n) is 8.53. The highest BCUT2D eigenvalue weighted by Crippen LogP contribution is 2.23. The van der Waals surface area contributed by atoms with E-state index < -0.39 is 18.2 Å². The maximum absolute atomic E-state index is 12.7. The fraction of sp³-hybridized carbons (Fsp3) is 0.300. The predicted molar refractivity (Wildman–Crippen MR) is 98.1 cm³/mol. The number of likely N-dealkylation sites (tertiary alicyclic amines) is 1. The number of ether oxygens (including phenoxy) is 1. The molecular weight excluding hydrogens is 332 g/mol. The van der Waals surface area contributed by atoms with E-state index in [4.69, 9.17) is 4.74 Å². The molecule has 136 valence electrons. The van der Waals surface area contributed by atoms with Gasteiger partial charge in [-0.15, -0.1) is 0 Å². The van der Waals surface area contributed by atoms with E-state index in [0.29, 0.717) is 11.4 Å². The number of aryl methyl sites for hydroxylation is 2. The summed E-state index contributed by atoms with van der Waals surface area (Å²) in [5.74, 6) is 0.0574. The topological polar surface area (TPSA) is 78.9 Å². The molecule has 2 amide bonds. The summed E-state index contributed by atoms with van der Waals surface area (Å²) in [7, 11) is 0. The number of hydrogen-bond acceptors (Lipinski definition) is 4. The number of benzene rings is 2. The fourth-order valence-corrected chi connectivity index (χ4v) is 2.96. The molecule has 1 fully saturated rings. The summed E-state index contributed by atoms with van der Waals surface area (Å²) in [6.45, 7) is 4.03. The number of rotatable bonds is 3. The number of para-hydroxylation sites is 1. The van der Waals surface area contributed by atoms with Crippen molar-refractivity contribution in [1.29, 1.82) is 0 Å². The number of aliphatic hydroxyl groups is 1. The van der Waals surface area contributed by atoms with Gasteiger partial charge in [-0.05, 0) is 49.2 Å². The van der Waals surface area contributed by atoms with Crippen LogP contribution in [0, 0.1) is 13.8 Å². The molecule has 6 heteroatoms. The van der Waals surface area contributed by atoms with Gasteiger partial charge in [0.2, 0.25) is 5.91 Å². The number of β-amino-alcohol motifs (C(OH)–C–C–N with tert-alkyl or cyclic N) is 1. The molecular formula is C20H22N2O4. The van der Waals surface area contributed by atoms with Gasteiger partial charge in [0.05, 0.1) is 12.6 Å².